The van der Waals surface area contributed by atoms with E-state index in [0.717, 1.165) is 0 Å². The third-order valence-corrected chi connectivity index (χ3v) is 1.87. The SMILES string of the molecule is COC(=O)c1cnc2cc(F)ccn12. The van der Waals surface area contributed by atoms with Crippen LogP contribution in [-0.4, -0.2) is 22.5 Å². The second-order valence-electron chi connectivity index (χ2n) is 2.71. The topological polar surface area (TPSA) is 43.6 Å². The van der Waals surface area contributed by atoms with Crippen LogP contribution in [0.25, 0.3) is 5.65 Å². The summed E-state index contributed by atoms with van der Waals surface area (Å²) in [5, 5.41) is 0. The molecule has 0 amide bonds. The van der Waals surface area contributed by atoms with E-state index in [1.54, 1.807) is 0 Å². The highest BCUT2D eigenvalue weighted by Gasteiger charge is 2.11. The van der Waals surface area contributed by atoms with Crippen molar-refractivity contribution in [3.63, 3.8) is 0 Å². The van der Waals surface area contributed by atoms with E-state index < -0.39 is 5.97 Å². The number of halogens is 1. The van der Waals surface area contributed by atoms with Crippen molar-refractivity contribution < 1.29 is 13.9 Å². The molecular formula is C9H7FN2O2. The maximum absolute atomic E-state index is 12.8. The third-order valence-electron chi connectivity index (χ3n) is 1.87. The van der Waals surface area contributed by atoms with Gasteiger partial charge in [0.25, 0.3) is 0 Å². The molecule has 0 aliphatic rings. The van der Waals surface area contributed by atoms with Crippen LogP contribution in [0.15, 0.2) is 24.5 Å². The Hall–Kier alpha value is -1.91. The Kier molecular flexibility index (Phi) is 1.92. The van der Waals surface area contributed by atoms with Gasteiger partial charge < -0.3 is 4.74 Å². The van der Waals surface area contributed by atoms with Crippen molar-refractivity contribution in [1.29, 1.82) is 0 Å². The lowest BCUT2D eigenvalue weighted by Gasteiger charge is -1.98. The lowest BCUT2D eigenvalue weighted by Crippen LogP contribution is -2.04. The minimum absolute atomic E-state index is 0.280. The van der Waals surface area contributed by atoms with Gasteiger partial charge in [0.2, 0.25) is 0 Å². The normalized spacial score (nSPS) is 10.4. The highest BCUT2D eigenvalue weighted by molar-refractivity contribution is 5.88. The number of fused-ring (bicyclic) bond motifs is 1. The van der Waals surface area contributed by atoms with Crippen LogP contribution >= 0.6 is 0 Å². The Morgan fingerprint density at radius 2 is 2.43 bits per heavy atom. The van der Waals surface area contributed by atoms with Gasteiger partial charge in [0.15, 0.2) is 5.69 Å². The van der Waals surface area contributed by atoms with Crippen molar-refractivity contribution in [3.8, 4) is 0 Å². The Morgan fingerprint density at radius 3 is 3.14 bits per heavy atom. The summed E-state index contributed by atoms with van der Waals surface area (Å²) >= 11 is 0. The fourth-order valence-corrected chi connectivity index (χ4v) is 1.21. The molecule has 0 aromatic carbocycles. The number of carbonyl (C=O) groups excluding carboxylic acids is 1. The largest absolute Gasteiger partial charge is 0.464 e. The maximum Gasteiger partial charge on any atom is 0.356 e. The second kappa shape index (κ2) is 3.10. The molecule has 0 saturated carbocycles. The van der Waals surface area contributed by atoms with Gasteiger partial charge in [-0.05, 0) is 6.07 Å². The summed E-state index contributed by atoms with van der Waals surface area (Å²) in [6.45, 7) is 0. The van der Waals surface area contributed by atoms with E-state index in [1.807, 2.05) is 0 Å². The number of esters is 1. The molecule has 2 aromatic heterocycles. The van der Waals surface area contributed by atoms with Crippen molar-refractivity contribution in [2.24, 2.45) is 0 Å². The molecule has 4 nitrogen and oxygen atoms in total. The van der Waals surface area contributed by atoms with E-state index in [2.05, 4.69) is 9.72 Å². The number of carbonyl (C=O) groups is 1. The lowest BCUT2D eigenvalue weighted by molar-refractivity contribution is 0.0593. The maximum atomic E-state index is 12.8. The molecule has 0 fully saturated rings. The van der Waals surface area contributed by atoms with Crippen LogP contribution in [0.5, 0.6) is 0 Å². The summed E-state index contributed by atoms with van der Waals surface area (Å²) in [5.74, 6) is -0.886. The van der Waals surface area contributed by atoms with Crippen molar-refractivity contribution in [2.75, 3.05) is 7.11 Å². The van der Waals surface area contributed by atoms with Gasteiger partial charge in [0.1, 0.15) is 11.5 Å². The van der Waals surface area contributed by atoms with Gasteiger partial charge in [-0.2, -0.15) is 0 Å². The number of nitrogens with zero attached hydrogens (tertiary/aromatic N) is 2. The van der Waals surface area contributed by atoms with Gasteiger partial charge in [0, 0.05) is 12.3 Å². The van der Waals surface area contributed by atoms with Gasteiger partial charge in [-0.15, -0.1) is 0 Å². The highest BCUT2D eigenvalue weighted by Crippen LogP contribution is 2.09. The molecule has 0 unspecified atom stereocenters. The molecule has 0 N–H and O–H groups in total. The Bertz CT molecular complexity index is 493. The van der Waals surface area contributed by atoms with Crippen molar-refractivity contribution in [2.45, 2.75) is 0 Å². The minimum Gasteiger partial charge on any atom is -0.464 e. The average molecular weight is 194 g/mol. The fourth-order valence-electron chi connectivity index (χ4n) is 1.21. The lowest BCUT2D eigenvalue weighted by atomic mass is 10.4. The van der Waals surface area contributed by atoms with Gasteiger partial charge in [0.05, 0.1) is 13.3 Å². The monoisotopic (exact) mass is 194 g/mol. The van der Waals surface area contributed by atoms with Crippen LogP contribution in [-0.2, 0) is 4.74 Å². The minimum atomic E-state index is -0.496. The molecule has 0 bridgehead atoms. The zero-order valence-corrected chi connectivity index (χ0v) is 7.40. The van der Waals surface area contributed by atoms with E-state index >= 15 is 0 Å². The second-order valence-corrected chi connectivity index (χ2v) is 2.71. The van der Waals surface area contributed by atoms with Crippen molar-refractivity contribution in [3.05, 3.63) is 36.0 Å². The van der Waals surface area contributed by atoms with E-state index in [0.29, 0.717) is 5.65 Å². The summed E-state index contributed by atoms with van der Waals surface area (Å²) in [6.07, 6.45) is 2.78. The smallest absolute Gasteiger partial charge is 0.356 e. The van der Waals surface area contributed by atoms with Crippen molar-refractivity contribution in [1.82, 2.24) is 9.38 Å². The predicted octanol–water partition coefficient (Wildman–Crippen LogP) is 1.26. The summed E-state index contributed by atoms with van der Waals surface area (Å²) in [5.41, 5.74) is 0.660. The molecule has 14 heavy (non-hydrogen) atoms. The van der Waals surface area contributed by atoms with Crippen LogP contribution in [0.2, 0.25) is 0 Å². The first kappa shape index (κ1) is 8.68. The third kappa shape index (κ3) is 1.22. The molecule has 0 radical (unpaired) electrons. The average Bonchev–Trinajstić information content (AvgIpc) is 2.59. The molecule has 0 aliphatic heterocycles. The van der Waals surface area contributed by atoms with Gasteiger partial charge in [-0.3, -0.25) is 4.40 Å². The quantitative estimate of drug-likeness (QED) is 0.642. The number of imidazole rings is 1. The standard InChI is InChI=1S/C9H7FN2O2/c1-14-9(13)7-5-11-8-4-6(10)2-3-12(7)8/h2-5H,1H3. The summed E-state index contributed by atoms with van der Waals surface area (Å²) in [4.78, 5) is 15.1. The number of pyridine rings is 1. The summed E-state index contributed by atoms with van der Waals surface area (Å²) < 4.78 is 18.8. The number of rotatable bonds is 1. The molecule has 0 spiro atoms. The number of hydrogen-bond donors (Lipinski definition) is 0. The van der Waals surface area contributed by atoms with Gasteiger partial charge in [-0.25, -0.2) is 14.2 Å². The van der Waals surface area contributed by atoms with E-state index in [9.17, 15) is 9.18 Å². The van der Waals surface area contributed by atoms with Crippen LogP contribution in [0.3, 0.4) is 0 Å². The first-order chi connectivity index (χ1) is 6.72. The molecule has 0 aliphatic carbocycles. The number of aromatic nitrogens is 2. The highest BCUT2D eigenvalue weighted by atomic mass is 19.1. The van der Waals surface area contributed by atoms with Gasteiger partial charge >= 0.3 is 5.97 Å². The molecule has 72 valence electrons. The molecular weight excluding hydrogens is 187 g/mol. The van der Waals surface area contributed by atoms with Gasteiger partial charge in [-0.1, -0.05) is 0 Å². The fraction of sp³-hybridized carbons (Fsp3) is 0.111. The molecule has 2 rings (SSSR count). The van der Waals surface area contributed by atoms with E-state index in [1.165, 1.54) is 36.0 Å². The van der Waals surface area contributed by atoms with Crippen LogP contribution in [0, 0.1) is 5.82 Å². The Balaban J connectivity index is 2.64. The Morgan fingerprint density at radius 1 is 1.64 bits per heavy atom. The Labute approximate surface area is 78.9 Å². The number of methoxy groups -OCH3 is 1. The number of hydrogen-bond acceptors (Lipinski definition) is 3. The van der Waals surface area contributed by atoms with Crippen LogP contribution < -0.4 is 0 Å². The molecule has 5 heteroatoms. The molecule has 0 atom stereocenters. The molecule has 0 saturated heterocycles. The van der Waals surface area contributed by atoms with E-state index in [4.69, 9.17) is 0 Å². The van der Waals surface area contributed by atoms with Crippen LogP contribution in [0.4, 0.5) is 4.39 Å². The zero-order valence-electron chi connectivity index (χ0n) is 7.40. The van der Waals surface area contributed by atoms with E-state index in [-0.39, 0.29) is 11.5 Å². The predicted molar refractivity (Wildman–Crippen MR) is 46.5 cm³/mol. The summed E-state index contributed by atoms with van der Waals surface area (Å²) in [6, 6.07) is 2.49. The summed E-state index contributed by atoms with van der Waals surface area (Å²) in [7, 11) is 1.28. The molecule has 2 aromatic rings. The van der Waals surface area contributed by atoms with Crippen molar-refractivity contribution >= 4 is 11.6 Å². The first-order valence-corrected chi connectivity index (χ1v) is 3.93. The first-order valence-electron chi connectivity index (χ1n) is 3.93. The zero-order chi connectivity index (χ0) is 10.1. The van der Waals surface area contributed by atoms with Crippen LogP contribution in [0.1, 0.15) is 10.5 Å². The molecule has 2 heterocycles. The number of ether oxygens (including phenoxy) is 1.